The van der Waals surface area contributed by atoms with E-state index in [0.717, 1.165) is 32.9 Å². The van der Waals surface area contributed by atoms with E-state index in [2.05, 4.69) is 31.3 Å². The highest BCUT2D eigenvalue weighted by Gasteiger charge is 2.08. The first-order chi connectivity index (χ1) is 12.1. The number of nitrogens with one attached hydrogen (secondary N) is 1. The molecule has 0 unspecified atom stereocenters. The summed E-state index contributed by atoms with van der Waals surface area (Å²) in [5, 5.41) is 4.91. The standard InChI is InChI=1S/C20H20N2O2S/c1-13-5-4-6-17-14(2)11-19(22-20(13)17)25-12-18(23)21-15-7-9-16(24-3)10-8-15/h4-11H,12H2,1-3H3,(H,21,23). The van der Waals surface area contributed by atoms with Crippen molar-refractivity contribution in [2.45, 2.75) is 18.9 Å². The van der Waals surface area contributed by atoms with E-state index in [1.165, 1.54) is 17.3 Å². The van der Waals surface area contributed by atoms with Gasteiger partial charge in [0, 0.05) is 11.1 Å². The Morgan fingerprint density at radius 3 is 2.60 bits per heavy atom. The molecular weight excluding hydrogens is 332 g/mol. The first kappa shape index (κ1) is 17.3. The van der Waals surface area contributed by atoms with E-state index in [1.54, 1.807) is 7.11 Å². The Kier molecular flexibility index (Phi) is 5.24. The number of aryl methyl sites for hydroxylation is 2. The molecule has 0 atom stereocenters. The average molecular weight is 352 g/mol. The van der Waals surface area contributed by atoms with Gasteiger partial charge in [0.15, 0.2) is 0 Å². The minimum Gasteiger partial charge on any atom is -0.497 e. The van der Waals surface area contributed by atoms with Gasteiger partial charge >= 0.3 is 0 Å². The molecule has 0 aliphatic heterocycles. The van der Waals surface area contributed by atoms with Gasteiger partial charge in [-0.05, 0) is 55.3 Å². The zero-order valence-corrected chi connectivity index (χ0v) is 15.3. The van der Waals surface area contributed by atoms with Gasteiger partial charge in [-0.3, -0.25) is 4.79 Å². The van der Waals surface area contributed by atoms with Gasteiger partial charge in [-0.25, -0.2) is 4.98 Å². The summed E-state index contributed by atoms with van der Waals surface area (Å²) in [5.74, 6) is 1.02. The summed E-state index contributed by atoms with van der Waals surface area (Å²) in [6, 6.07) is 15.5. The molecule has 4 nitrogen and oxygen atoms in total. The number of amides is 1. The molecule has 0 fully saturated rings. The molecule has 3 rings (SSSR count). The van der Waals surface area contributed by atoms with Gasteiger partial charge in [-0.2, -0.15) is 0 Å². The average Bonchev–Trinajstić information content (AvgIpc) is 2.61. The lowest BCUT2D eigenvalue weighted by Crippen LogP contribution is -2.14. The Balaban J connectivity index is 1.67. The van der Waals surface area contributed by atoms with E-state index in [9.17, 15) is 4.79 Å². The molecule has 0 saturated carbocycles. The lowest BCUT2D eigenvalue weighted by Gasteiger charge is -2.09. The van der Waals surface area contributed by atoms with Crippen LogP contribution >= 0.6 is 11.8 Å². The third kappa shape index (κ3) is 4.12. The number of hydrogen-bond donors (Lipinski definition) is 1. The second kappa shape index (κ2) is 7.57. The maximum atomic E-state index is 12.2. The van der Waals surface area contributed by atoms with E-state index >= 15 is 0 Å². The van der Waals surface area contributed by atoms with Gasteiger partial charge in [0.25, 0.3) is 0 Å². The van der Waals surface area contributed by atoms with Crippen LogP contribution in [0.3, 0.4) is 0 Å². The lowest BCUT2D eigenvalue weighted by molar-refractivity contribution is -0.113. The van der Waals surface area contributed by atoms with Gasteiger partial charge in [0.05, 0.1) is 23.4 Å². The topological polar surface area (TPSA) is 51.2 Å². The summed E-state index contributed by atoms with van der Waals surface area (Å²) in [4.78, 5) is 16.9. The van der Waals surface area contributed by atoms with Crippen molar-refractivity contribution >= 4 is 34.3 Å². The van der Waals surface area contributed by atoms with Crippen LogP contribution in [0.1, 0.15) is 11.1 Å². The number of anilines is 1. The normalized spacial score (nSPS) is 10.7. The number of ether oxygens (including phenoxy) is 1. The molecule has 0 radical (unpaired) electrons. The first-order valence-corrected chi connectivity index (χ1v) is 8.99. The minimum atomic E-state index is -0.0560. The number of pyridine rings is 1. The molecule has 0 saturated heterocycles. The molecule has 5 heteroatoms. The summed E-state index contributed by atoms with van der Waals surface area (Å²) in [5.41, 5.74) is 4.07. The minimum absolute atomic E-state index is 0.0560. The third-order valence-corrected chi connectivity index (χ3v) is 4.86. The SMILES string of the molecule is COc1ccc(NC(=O)CSc2cc(C)c3cccc(C)c3n2)cc1. The summed E-state index contributed by atoms with van der Waals surface area (Å²) in [6.07, 6.45) is 0. The Hall–Kier alpha value is -2.53. The number of nitrogens with zero attached hydrogens (tertiary/aromatic N) is 1. The fourth-order valence-electron chi connectivity index (χ4n) is 2.62. The van der Waals surface area contributed by atoms with Crippen molar-refractivity contribution in [1.29, 1.82) is 0 Å². The number of aromatic nitrogens is 1. The Morgan fingerprint density at radius 1 is 1.12 bits per heavy atom. The van der Waals surface area contributed by atoms with E-state index in [4.69, 9.17) is 9.72 Å². The number of methoxy groups -OCH3 is 1. The number of thioether (sulfide) groups is 1. The van der Waals surface area contributed by atoms with Crippen molar-refractivity contribution in [3.63, 3.8) is 0 Å². The molecule has 1 heterocycles. The predicted octanol–water partition coefficient (Wildman–Crippen LogP) is 4.59. The molecule has 2 aromatic carbocycles. The van der Waals surface area contributed by atoms with Gasteiger partial charge in [0.2, 0.25) is 5.91 Å². The fourth-order valence-corrected chi connectivity index (χ4v) is 3.38. The molecule has 3 aromatic rings. The summed E-state index contributed by atoms with van der Waals surface area (Å²) in [7, 11) is 1.62. The molecular formula is C20H20N2O2S. The largest absolute Gasteiger partial charge is 0.497 e. The van der Waals surface area contributed by atoms with Crippen LogP contribution in [0.2, 0.25) is 0 Å². The molecule has 1 amide bonds. The first-order valence-electron chi connectivity index (χ1n) is 8.00. The number of benzene rings is 2. The Labute approximate surface area is 151 Å². The van der Waals surface area contributed by atoms with Gasteiger partial charge in [0.1, 0.15) is 5.75 Å². The van der Waals surface area contributed by atoms with Crippen molar-refractivity contribution in [2.24, 2.45) is 0 Å². The fraction of sp³-hybridized carbons (Fsp3) is 0.200. The molecule has 1 aromatic heterocycles. The van der Waals surface area contributed by atoms with E-state index in [1.807, 2.05) is 36.4 Å². The Bertz CT molecular complexity index is 907. The van der Waals surface area contributed by atoms with Crippen molar-refractivity contribution in [3.05, 3.63) is 59.7 Å². The third-order valence-electron chi connectivity index (χ3n) is 3.95. The molecule has 0 aliphatic carbocycles. The molecule has 0 aliphatic rings. The number of hydrogen-bond acceptors (Lipinski definition) is 4. The van der Waals surface area contributed by atoms with E-state index < -0.39 is 0 Å². The number of para-hydroxylation sites is 1. The number of fused-ring (bicyclic) bond motifs is 1. The second-order valence-corrected chi connectivity index (χ2v) is 6.81. The lowest BCUT2D eigenvalue weighted by atomic mass is 10.1. The zero-order valence-electron chi connectivity index (χ0n) is 14.5. The van der Waals surface area contributed by atoms with Crippen molar-refractivity contribution in [2.75, 3.05) is 18.2 Å². The maximum Gasteiger partial charge on any atom is 0.234 e. The van der Waals surface area contributed by atoms with Crippen LogP contribution in [0.5, 0.6) is 5.75 Å². The van der Waals surface area contributed by atoms with Crippen LogP contribution in [0.4, 0.5) is 5.69 Å². The molecule has 1 N–H and O–H groups in total. The number of carbonyl (C=O) groups excluding carboxylic acids is 1. The Morgan fingerprint density at radius 2 is 1.88 bits per heavy atom. The summed E-state index contributed by atoms with van der Waals surface area (Å²) < 4.78 is 5.11. The molecule has 0 bridgehead atoms. The van der Waals surface area contributed by atoms with Crippen LogP contribution in [-0.4, -0.2) is 23.8 Å². The van der Waals surface area contributed by atoms with Gasteiger partial charge in [-0.15, -0.1) is 0 Å². The second-order valence-electron chi connectivity index (χ2n) is 5.81. The molecule has 128 valence electrons. The maximum absolute atomic E-state index is 12.2. The van der Waals surface area contributed by atoms with Crippen LogP contribution in [-0.2, 0) is 4.79 Å². The quantitative estimate of drug-likeness (QED) is 0.682. The smallest absolute Gasteiger partial charge is 0.234 e. The highest BCUT2D eigenvalue weighted by Crippen LogP contribution is 2.25. The molecule has 0 spiro atoms. The van der Waals surface area contributed by atoms with E-state index in [-0.39, 0.29) is 5.91 Å². The van der Waals surface area contributed by atoms with Crippen LogP contribution in [0.25, 0.3) is 10.9 Å². The monoisotopic (exact) mass is 352 g/mol. The number of carbonyl (C=O) groups is 1. The zero-order chi connectivity index (χ0) is 17.8. The summed E-state index contributed by atoms with van der Waals surface area (Å²) >= 11 is 1.45. The van der Waals surface area contributed by atoms with Gasteiger partial charge in [-0.1, -0.05) is 30.0 Å². The van der Waals surface area contributed by atoms with Crippen LogP contribution in [0, 0.1) is 13.8 Å². The summed E-state index contributed by atoms with van der Waals surface area (Å²) in [6.45, 7) is 4.13. The highest BCUT2D eigenvalue weighted by molar-refractivity contribution is 7.99. The van der Waals surface area contributed by atoms with Crippen molar-refractivity contribution < 1.29 is 9.53 Å². The molecule has 25 heavy (non-hydrogen) atoms. The highest BCUT2D eigenvalue weighted by atomic mass is 32.2. The number of rotatable bonds is 5. The van der Waals surface area contributed by atoms with Crippen molar-refractivity contribution in [1.82, 2.24) is 4.98 Å². The van der Waals surface area contributed by atoms with Crippen LogP contribution in [0.15, 0.2) is 53.6 Å². The van der Waals surface area contributed by atoms with Crippen LogP contribution < -0.4 is 10.1 Å². The van der Waals surface area contributed by atoms with Crippen molar-refractivity contribution in [3.8, 4) is 5.75 Å². The van der Waals surface area contributed by atoms with E-state index in [0.29, 0.717) is 5.75 Å². The van der Waals surface area contributed by atoms with Gasteiger partial charge < -0.3 is 10.1 Å². The predicted molar refractivity (Wildman–Crippen MR) is 104 cm³/mol.